The third-order valence-electron chi connectivity index (χ3n) is 4.80. The maximum absolute atomic E-state index is 10.1. The standard InChI is InChI=1S/C15H23NO/c1-11-9-12-13(5-3-6-14(12)17)16(11)10-15(2)7-4-8-15/h9,14,17H,3-8,10H2,1-2H3. The average molecular weight is 233 g/mol. The Morgan fingerprint density at radius 3 is 2.82 bits per heavy atom. The van der Waals surface area contributed by atoms with Crippen molar-refractivity contribution in [3.8, 4) is 0 Å². The molecule has 17 heavy (non-hydrogen) atoms. The second kappa shape index (κ2) is 3.88. The molecule has 0 aliphatic heterocycles. The second-order valence-electron chi connectivity index (χ2n) is 6.35. The fraction of sp³-hybridized carbons (Fsp3) is 0.733. The van der Waals surface area contributed by atoms with Gasteiger partial charge in [0.25, 0.3) is 0 Å². The van der Waals surface area contributed by atoms with Crippen LogP contribution >= 0.6 is 0 Å². The molecule has 1 aromatic rings. The molecular formula is C15H23NO. The number of aliphatic hydroxyl groups excluding tert-OH is 1. The summed E-state index contributed by atoms with van der Waals surface area (Å²) in [6.07, 6.45) is 7.12. The first-order valence-corrected chi connectivity index (χ1v) is 6.96. The van der Waals surface area contributed by atoms with Crippen LogP contribution in [0, 0.1) is 12.3 Å². The Labute approximate surface area is 104 Å². The van der Waals surface area contributed by atoms with Gasteiger partial charge in [0.15, 0.2) is 0 Å². The normalized spacial score (nSPS) is 26.4. The summed E-state index contributed by atoms with van der Waals surface area (Å²) in [4.78, 5) is 0. The van der Waals surface area contributed by atoms with Crippen LogP contribution in [0.5, 0.6) is 0 Å². The lowest BCUT2D eigenvalue weighted by molar-refractivity contribution is 0.126. The quantitative estimate of drug-likeness (QED) is 0.832. The summed E-state index contributed by atoms with van der Waals surface area (Å²) in [5.74, 6) is 0. The molecule has 2 aliphatic carbocycles. The zero-order valence-corrected chi connectivity index (χ0v) is 11.0. The Bertz CT molecular complexity index is 428. The van der Waals surface area contributed by atoms with Crippen molar-refractivity contribution >= 4 is 0 Å². The summed E-state index contributed by atoms with van der Waals surface area (Å²) in [7, 11) is 0. The summed E-state index contributed by atoms with van der Waals surface area (Å²) < 4.78 is 2.48. The highest BCUT2D eigenvalue weighted by atomic mass is 16.3. The molecule has 1 saturated carbocycles. The van der Waals surface area contributed by atoms with E-state index in [9.17, 15) is 5.11 Å². The van der Waals surface area contributed by atoms with E-state index in [1.54, 1.807) is 0 Å². The van der Waals surface area contributed by atoms with E-state index in [1.165, 1.54) is 36.2 Å². The van der Waals surface area contributed by atoms with E-state index in [4.69, 9.17) is 0 Å². The van der Waals surface area contributed by atoms with E-state index in [0.29, 0.717) is 5.41 Å². The Kier molecular flexibility index (Phi) is 2.58. The van der Waals surface area contributed by atoms with Crippen LogP contribution < -0.4 is 0 Å². The monoisotopic (exact) mass is 233 g/mol. The van der Waals surface area contributed by atoms with Crippen molar-refractivity contribution in [1.82, 2.24) is 4.57 Å². The molecule has 94 valence electrons. The SMILES string of the molecule is Cc1cc2c(n1CC1(C)CCC1)CCCC2O. The number of rotatable bonds is 2. The predicted molar refractivity (Wildman–Crippen MR) is 69.0 cm³/mol. The zero-order valence-electron chi connectivity index (χ0n) is 11.0. The minimum atomic E-state index is -0.215. The Morgan fingerprint density at radius 1 is 1.41 bits per heavy atom. The molecular weight excluding hydrogens is 210 g/mol. The van der Waals surface area contributed by atoms with Crippen molar-refractivity contribution in [2.24, 2.45) is 5.41 Å². The number of hydrogen-bond acceptors (Lipinski definition) is 1. The van der Waals surface area contributed by atoms with Gasteiger partial charge >= 0.3 is 0 Å². The zero-order chi connectivity index (χ0) is 12.0. The third-order valence-corrected chi connectivity index (χ3v) is 4.80. The largest absolute Gasteiger partial charge is 0.388 e. The van der Waals surface area contributed by atoms with Gasteiger partial charge in [0.2, 0.25) is 0 Å². The van der Waals surface area contributed by atoms with Gasteiger partial charge in [0, 0.05) is 23.5 Å². The molecule has 1 N–H and O–H groups in total. The molecule has 0 bridgehead atoms. The number of aromatic nitrogens is 1. The molecule has 2 nitrogen and oxygen atoms in total. The van der Waals surface area contributed by atoms with Crippen LogP contribution in [0.3, 0.4) is 0 Å². The molecule has 0 radical (unpaired) electrons. The number of aliphatic hydroxyl groups is 1. The van der Waals surface area contributed by atoms with Crippen molar-refractivity contribution in [2.45, 2.75) is 65.0 Å². The minimum absolute atomic E-state index is 0.215. The van der Waals surface area contributed by atoms with Crippen molar-refractivity contribution in [2.75, 3.05) is 0 Å². The van der Waals surface area contributed by atoms with E-state index < -0.39 is 0 Å². The summed E-state index contributed by atoms with van der Waals surface area (Å²) >= 11 is 0. The highest BCUT2D eigenvalue weighted by Gasteiger charge is 2.34. The van der Waals surface area contributed by atoms with Crippen molar-refractivity contribution in [3.63, 3.8) is 0 Å². The van der Waals surface area contributed by atoms with Crippen molar-refractivity contribution in [3.05, 3.63) is 23.0 Å². The van der Waals surface area contributed by atoms with Crippen LogP contribution in [0.1, 0.15) is 62.1 Å². The van der Waals surface area contributed by atoms with Gasteiger partial charge in [-0.25, -0.2) is 0 Å². The summed E-state index contributed by atoms with van der Waals surface area (Å²) in [6.45, 7) is 5.75. The fourth-order valence-electron chi connectivity index (χ4n) is 3.48. The molecule has 2 heteroatoms. The van der Waals surface area contributed by atoms with Crippen LogP contribution in [0.4, 0.5) is 0 Å². The first kappa shape index (κ1) is 11.3. The van der Waals surface area contributed by atoms with Gasteiger partial charge in [0.05, 0.1) is 6.10 Å². The molecule has 1 fully saturated rings. The van der Waals surface area contributed by atoms with Crippen LogP contribution in [0.2, 0.25) is 0 Å². The number of hydrogen-bond donors (Lipinski definition) is 1. The van der Waals surface area contributed by atoms with Gasteiger partial charge < -0.3 is 9.67 Å². The van der Waals surface area contributed by atoms with Gasteiger partial charge in [-0.1, -0.05) is 13.3 Å². The first-order valence-electron chi connectivity index (χ1n) is 6.96. The minimum Gasteiger partial charge on any atom is -0.388 e. The average Bonchev–Trinajstić information content (AvgIpc) is 2.56. The van der Waals surface area contributed by atoms with E-state index >= 15 is 0 Å². The molecule has 1 atom stereocenters. The van der Waals surface area contributed by atoms with Gasteiger partial charge in [-0.2, -0.15) is 0 Å². The topological polar surface area (TPSA) is 25.2 Å². The van der Waals surface area contributed by atoms with Crippen molar-refractivity contribution < 1.29 is 5.11 Å². The lowest BCUT2D eigenvalue weighted by Crippen LogP contribution is -2.32. The van der Waals surface area contributed by atoms with Crippen LogP contribution in [0.25, 0.3) is 0 Å². The maximum atomic E-state index is 10.1. The van der Waals surface area contributed by atoms with Gasteiger partial charge in [-0.05, 0) is 50.5 Å². The highest BCUT2D eigenvalue weighted by molar-refractivity contribution is 5.32. The Hall–Kier alpha value is -0.760. The molecule has 0 amide bonds. The van der Waals surface area contributed by atoms with Gasteiger partial charge in [-0.3, -0.25) is 0 Å². The van der Waals surface area contributed by atoms with Crippen LogP contribution in [0.15, 0.2) is 6.07 Å². The smallest absolute Gasteiger partial charge is 0.0807 e. The predicted octanol–water partition coefficient (Wildman–Crippen LogP) is 3.36. The summed E-state index contributed by atoms with van der Waals surface area (Å²) in [5, 5.41) is 10.1. The molecule has 1 aromatic heterocycles. The fourth-order valence-corrected chi connectivity index (χ4v) is 3.48. The Balaban J connectivity index is 1.93. The van der Waals surface area contributed by atoms with E-state index in [0.717, 1.165) is 25.8 Å². The molecule has 0 saturated heterocycles. The number of nitrogens with zero attached hydrogens (tertiary/aromatic N) is 1. The molecule has 1 heterocycles. The van der Waals surface area contributed by atoms with Gasteiger partial charge in [-0.15, -0.1) is 0 Å². The summed E-state index contributed by atoms with van der Waals surface area (Å²) in [5.41, 5.74) is 4.47. The maximum Gasteiger partial charge on any atom is 0.0807 e. The number of fused-ring (bicyclic) bond motifs is 1. The lowest BCUT2D eigenvalue weighted by atomic mass is 9.70. The first-order chi connectivity index (χ1) is 8.09. The molecule has 2 aliphatic rings. The van der Waals surface area contributed by atoms with E-state index in [1.807, 2.05) is 0 Å². The second-order valence-corrected chi connectivity index (χ2v) is 6.35. The summed E-state index contributed by atoms with van der Waals surface area (Å²) in [6, 6.07) is 2.21. The van der Waals surface area contributed by atoms with Gasteiger partial charge in [0.1, 0.15) is 0 Å². The molecule has 0 aromatic carbocycles. The lowest BCUT2D eigenvalue weighted by Gasteiger charge is -2.40. The van der Waals surface area contributed by atoms with Crippen LogP contribution in [-0.2, 0) is 13.0 Å². The molecule has 3 rings (SSSR count). The molecule has 0 spiro atoms. The van der Waals surface area contributed by atoms with E-state index in [-0.39, 0.29) is 6.10 Å². The van der Waals surface area contributed by atoms with Crippen molar-refractivity contribution in [1.29, 1.82) is 0 Å². The van der Waals surface area contributed by atoms with E-state index in [2.05, 4.69) is 24.5 Å². The Morgan fingerprint density at radius 2 is 2.18 bits per heavy atom. The van der Waals surface area contributed by atoms with Crippen LogP contribution in [-0.4, -0.2) is 9.67 Å². The molecule has 1 unspecified atom stereocenters. The number of aryl methyl sites for hydroxylation is 1. The highest BCUT2D eigenvalue weighted by Crippen LogP contribution is 2.43. The third kappa shape index (κ3) is 1.83.